The van der Waals surface area contributed by atoms with Crippen molar-refractivity contribution in [2.75, 3.05) is 12.4 Å². The molecule has 0 aliphatic rings. The number of ether oxygens (including phenoxy) is 1. The molecule has 3 aromatic rings. The zero-order valence-electron chi connectivity index (χ0n) is 14.0. The highest BCUT2D eigenvalue weighted by molar-refractivity contribution is 6.06. The molecule has 26 heavy (non-hydrogen) atoms. The SMILES string of the molecule is COc1ccc([N+](=O)[O-])cc1C(=O)Nc1cccc(Cn2cccn2)c1. The van der Waals surface area contributed by atoms with E-state index in [0.29, 0.717) is 12.2 Å². The molecule has 1 amide bonds. The van der Waals surface area contributed by atoms with Crippen LogP contribution in [0.1, 0.15) is 15.9 Å². The van der Waals surface area contributed by atoms with Crippen LogP contribution in [0.5, 0.6) is 5.75 Å². The number of nitro benzene ring substituents is 1. The fourth-order valence-corrected chi connectivity index (χ4v) is 2.51. The number of anilines is 1. The molecule has 8 nitrogen and oxygen atoms in total. The molecular weight excluding hydrogens is 336 g/mol. The molecule has 0 bridgehead atoms. The van der Waals surface area contributed by atoms with Gasteiger partial charge in [0.15, 0.2) is 0 Å². The van der Waals surface area contributed by atoms with Crippen LogP contribution in [0.25, 0.3) is 0 Å². The van der Waals surface area contributed by atoms with Crippen molar-refractivity contribution in [1.29, 1.82) is 0 Å². The Hall–Kier alpha value is -3.68. The van der Waals surface area contributed by atoms with Crippen molar-refractivity contribution in [1.82, 2.24) is 9.78 Å². The lowest BCUT2D eigenvalue weighted by Crippen LogP contribution is -2.14. The van der Waals surface area contributed by atoms with Crippen molar-refractivity contribution in [2.45, 2.75) is 6.54 Å². The minimum atomic E-state index is -0.555. The number of nitrogens with zero attached hydrogens (tertiary/aromatic N) is 3. The molecule has 0 radical (unpaired) electrons. The predicted molar refractivity (Wildman–Crippen MR) is 95.4 cm³/mol. The molecule has 132 valence electrons. The van der Waals surface area contributed by atoms with E-state index in [1.165, 1.54) is 25.3 Å². The number of hydrogen-bond acceptors (Lipinski definition) is 5. The van der Waals surface area contributed by atoms with E-state index in [-0.39, 0.29) is 17.0 Å². The fourth-order valence-electron chi connectivity index (χ4n) is 2.51. The monoisotopic (exact) mass is 352 g/mol. The van der Waals surface area contributed by atoms with Crippen LogP contribution in [0.15, 0.2) is 60.9 Å². The Balaban J connectivity index is 1.81. The number of aromatic nitrogens is 2. The first kappa shape index (κ1) is 17.2. The number of nitro groups is 1. The lowest BCUT2D eigenvalue weighted by Gasteiger charge is -2.10. The summed E-state index contributed by atoms with van der Waals surface area (Å²) >= 11 is 0. The number of rotatable bonds is 6. The van der Waals surface area contributed by atoms with Gasteiger partial charge in [0.25, 0.3) is 11.6 Å². The smallest absolute Gasteiger partial charge is 0.270 e. The van der Waals surface area contributed by atoms with Crippen LogP contribution in [-0.2, 0) is 6.54 Å². The van der Waals surface area contributed by atoms with Crippen LogP contribution in [0.4, 0.5) is 11.4 Å². The fraction of sp³-hybridized carbons (Fsp3) is 0.111. The topological polar surface area (TPSA) is 99.3 Å². The molecule has 0 saturated heterocycles. The minimum Gasteiger partial charge on any atom is -0.496 e. The van der Waals surface area contributed by atoms with Crippen LogP contribution in [0.3, 0.4) is 0 Å². The number of non-ortho nitro benzene ring substituents is 1. The van der Waals surface area contributed by atoms with Gasteiger partial charge in [-0.15, -0.1) is 0 Å². The first-order chi connectivity index (χ1) is 12.6. The van der Waals surface area contributed by atoms with Crippen molar-refractivity contribution < 1.29 is 14.5 Å². The quantitative estimate of drug-likeness (QED) is 0.543. The number of benzene rings is 2. The number of hydrogen-bond donors (Lipinski definition) is 1. The summed E-state index contributed by atoms with van der Waals surface area (Å²) in [6, 6.07) is 13.0. The van der Waals surface area contributed by atoms with Gasteiger partial charge >= 0.3 is 0 Å². The Labute approximate surface area is 149 Å². The summed E-state index contributed by atoms with van der Waals surface area (Å²) in [6.45, 7) is 0.566. The Kier molecular flexibility index (Phi) is 4.93. The molecular formula is C18H16N4O4. The molecule has 0 spiro atoms. The Morgan fingerprint density at radius 3 is 2.81 bits per heavy atom. The second-order valence-corrected chi connectivity index (χ2v) is 5.50. The zero-order chi connectivity index (χ0) is 18.5. The average Bonchev–Trinajstić information content (AvgIpc) is 3.14. The maximum absolute atomic E-state index is 12.6. The van der Waals surface area contributed by atoms with Crippen LogP contribution < -0.4 is 10.1 Å². The Morgan fingerprint density at radius 1 is 1.27 bits per heavy atom. The molecule has 1 aromatic heterocycles. The van der Waals surface area contributed by atoms with Gasteiger partial charge < -0.3 is 10.1 Å². The summed E-state index contributed by atoms with van der Waals surface area (Å²) in [4.78, 5) is 23.0. The van der Waals surface area contributed by atoms with Gasteiger partial charge in [-0.1, -0.05) is 12.1 Å². The number of amides is 1. The average molecular weight is 352 g/mol. The number of nitrogens with one attached hydrogen (secondary N) is 1. The molecule has 0 atom stereocenters. The molecule has 0 aliphatic carbocycles. The van der Waals surface area contributed by atoms with Gasteiger partial charge in [0.05, 0.1) is 24.1 Å². The van der Waals surface area contributed by atoms with Gasteiger partial charge in [0, 0.05) is 30.2 Å². The lowest BCUT2D eigenvalue weighted by molar-refractivity contribution is -0.384. The largest absolute Gasteiger partial charge is 0.496 e. The molecule has 0 saturated carbocycles. The van der Waals surface area contributed by atoms with E-state index >= 15 is 0 Å². The van der Waals surface area contributed by atoms with Crippen molar-refractivity contribution >= 4 is 17.3 Å². The molecule has 0 aliphatic heterocycles. The van der Waals surface area contributed by atoms with Gasteiger partial charge in [0.1, 0.15) is 5.75 Å². The highest BCUT2D eigenvalue weighted by Crippen LogP contribution is 2.25. The maximum Gasteiger partial charge on any atom is 0.270 e. The maximum atomic E-state index is 12.6. The standard InChI is InChI=1S/C18H16N4O4/c1-26-17-7-6-15(22(24)25)11-16(17)18(23)20-14-5-2-4-13(10-14)12-21-9-3-8-19-21/h2-11H,12H2,1H3,(H,20,23). The van der Waals surface area contributed by atoms with E-state index in [1.807, 2.05) is 30.5 Å². The second kappa shape index (κ2) is 7.47. The molecule has 8 heteroatoms. The van der Waals surface area contributed by atoms with Gasteiger partial charge in [-0.05, 0) is 29.8 Å². The Bertz CT molecular complexity index is 938. The highest BCUT2D eigenvalue weighted by atomic mass is 16.6. The van der Waals surface area contributed by atoms with Crippen molar-refractivity contribution in [3.63, 3.8) is 0 Å². The van der Waals surface area contributed by atoms with E-state index in [9.17, 15) is 14.9 Å². The number of carbonyl (C=O) groups excluding carboxylic acids is 1. The molecule has 1 heterocycles. The highest BCUT2D eigenvalue weighted by Gasteiger charge is 2.17. The molecule has 1 N–H and O–H groups in total. The van der Waals surface area contributed by atoms with E-state index in [2.05, 4.69) is 10.4 Å². The predicted octanol–water partition coefficient (Wildman–Crippen LogP) is 3.10. The molecule has 0 unspecified atom stereocenters. The summed E-state index contributed by atoms with van der Waals surface area (Å²) in [5.41, 5.74) is 1.45. The van der Waals surface area contributed by atoms with Gasteiger partial charge in [-0.2, -0.15) is 5.10 Å². The van der Waals surface area contributed by atoms with Crippen LogP contribution >= 0.6 is 0 Å². The second-order valence-electron chi connectivity index (χ2n) is 5.50. The summed E-state index contributed by atoms with van der Waals surface area (Å²) in [6.07, 6.45) is 3.54. The van der Waals surface area contributed by atoms with Crippen LogP contribution in [0.2, 0.25) is 0 Å². The van der Waals surface area contributed by atoms with E-state index < -0.39 is 10.8 Å². The third-order valence-electron chi connectivity index (χ3n) is 3.73. The first-order valence-electron chi connectivity index (χ1n) is 7.77. The summed E-state index contributed by atoms with van der Waals surface area (Å²) in [5.74, 6) is -0.220. The summed E-state index contributed by atoms with van der Waals surface area (Å²) < 4.78 is 6.91. The first-order valence-corrected chi connectivity index (χ1v) is 7.77. The van der Waals surface area contributed by atoms with E-state index in [4.69, 9.17) is 4.74 Å². The lowest BCUT2D eigenvalue weighted by atomic mass is 10.1. The third-order valence-corrected chi connectivity index (χ3v) is 3.73. The van der Waals surface area contributed by atoms with Gasteiger partial charge in [-0.3, -0.25) is 19.6 Å². The molecule has 3 rings (SSSR count). The summed E-state index contributed by atoms with van der Waals surface area (Å²) in [5, 5.41) is 17.8. The van der Waals surface area contributed by atoms with E-state index in [1.54, 1.807) is 16.9 Å². The number of methoxy groups -OCH3 is 1. The zero-order valence-corrected chi connectivity index (χ0v) is 14.0. The van der Waals surface area contributed by atoms with Gasteiger partial charge in [0.2, 0.25) is 0 Å². The normalized spacial score (nSPS) is 10.3. The Morgan fingerprint density at radius 2 is 2.12 bits per heavy atom. The van der Waals surface area contributed by atoms with Crippen LogP contribution in [0, 0.1) is 10.1 Å². The van der Waals surface area contributed by atoms with Gasteiger partial charge in [-0.25, -0.2) is 0 Å². The van der Waals surface area contributed by atoms with E-state index in [0.717, 1.165) is 5.56 Å². The van der Waals surface area contributed by atoms with Crippen molar-refractivity contribution in [3.8, 4) is 5.75 Å². The molecule has 2 aromatic carbocycles. The molecule has 0 fully saturated rings. The van der Waals surface area contributed by atoms with Crippen molar-refractivity contribution in [2.24, 2.45) is 0 Å². The number of carbonyl (C=O) groups is 1. The van der Waals surface area contributed by atoms with Crippen molar-refractivity contribution in [3.05, 3.63) is 82.2 Å². The minimum absolute atomic E-state index is 0.0965. The van der Waals surface area contributed by atoms with Crippen LogP contribution in [-0.4, -0.2) is 27.7 Å². The third kappa shape index (κ3) is 3.86. The summed E-state index contributed by atoms with van der Waals surface area (Å²) in [7, 11) is 1.41.